The summed E-state index contributed by atoms with van der Waals surface area (Å²) in [5.41, 5.74) is 0.677. The van der Waals surface area contributed by atoms with E-state index < -0.39 is 10.0 Å². The van der Waals surface area contributed by atoms with E-state index >= 15 is 0 Å². The Kier molecular flexibility index (Phi) is 4.44. The van der Waals surface area contributed by atoms with Gasteiger partial charge in [0.25, 0.3) is 0 Å². The van der Waals surface area contributed by atoms with Gasteiger partial charge in [0, 0.05) is 12.1 Å². The van der Waals surface area contributed by atoms with Crippen LogP contribution in [0.3, 0.4) is 0 Å². The average molecular weight is 283 g/mol. The van der Waals surface area contributed by atoms with Gasteiger partial charge in [-0.2, -0.15) is 0 Å². The van der Waals surface area contributed by atoms with Crippen molar-refractivity contribution in [3.63, 3.8) is 0 Å². The number of hydrogen-bond acceptors (Lipinski definition) is 4. The largest absolute Gasteiger partial charge is 0.381 e. The molecule has 0 radical (unpaired) electrons. The van der Waals surface area contributed by atoms with Gasteiger partial charge in [0.1, 0.15) is 4.90 Å². The fourth-order valence-corrected chi connectivity index (χ4v) is 3.31. The highest BCUT2D eigenvalue weighted by Gasteiger charge is 2.21. The van der Waals surface area contributed by atoms with Crippen LogP contribution in [-0.4, -0.2) is 34.1 Å². The Balaban J connectivity index is 2.21. The molecule has 2 atom stereocenters. The molecule has 1 aliphatic heterocycles. The summed E-state index contributed by atoms with van der Waals surface area (Å²) in [7, 11) is -1.99. The summed E-state index contributed by atoms with van der Waals surface area (Å²) >= 11 is 0. The van der Waals surface area contributed by atoms with E-state index in [9.17, 15) is 8.42 Å². The fraction of sp³-hybridized carbons (Fsp3) is 0.538. The lowest BCUT2D eigenvalue weighted by Crippen LogP contribution is -2.41. The predicted octanol–water partition coefficient (Wildman–Crippen LogP) is 1.15. The van der Waals surface area contributed by atoms with E-state index in [0.29, 0.717) is 22.7 Å². The number of rotatable bonds is 4. The number of piperidine rings is 1. The first-order chi connectivity index (χ1) is 9.03. The number of hydrogen-bond donors (Lipinski definition) is 3. The van der Waals surface area contributed by atoms with Crippen LogP contribution in [0.2, 0.25) is 0 Å². The molecule has 1 heterocycles. The molecule has 2 rings (SSSR count). The van der Waals surface area contributed by atoms with Crippen molar-refractivity contribution < 1.29 is 8.42 Å². The first-order valence-electron chi connectivity index (χ1n) is 6.55. The van der Waals surface area contributed by atoms with Gasteiger partial charge in [0.2, 0.25) is 10.0 Å². The van der Waals surface area contributed by atoms with Gasteiger partial charge in [0.05, 0.1) is 5.69 Å². The molecule has 0 saturated carbocycles. The summed E-state index contributed by atoms with van der Waals surface area (Å²) in [4.78, 5) is 0.309. The van der Waals surface area contributed by atoms with Gasteiger partial charge < -0.3 is 10.6 Å². The molecular formula is C13H21N3O2S. The zero-order valence-electron chi connectivity index (χ0n) is 11.3. The van der Waals surface area contributed by atoms with Gasteiger partial charge in [-0.25, -0.2) is 13.1 Å². The number of nitrogens with one attached hydrogen (secondary N) is 3. The average Bonchev–Trinajstić information content (AvgIpc) is 2.39. The molecular weight excluding hydrogens is 262 g/mol. The molecule has 19 heavy (non-hydrogen) atoms. The lowest BCUT2D eigenvalue weighted by molar-refractivity contribution is 0.396. The van der Waals surface area contributed by atoms with E-state index in [4.69, 9.17) is 0 Å². The van der Waals surface area contributed by atoms with Crippen LogP contribution < -0.4 is 15.4 Å². The van der Waals surface area contributed by atoms with Gasteiger partial charge >= 0.3 is 0 Å². The van der Waals surface area contributed by atoms with Gasteiger partial charge in [-0.3, -0.25) is 0 Å². The minimum atomic E-state index is -3.42. The monoisotopic (exact) mass is 283 g/mol. The molecule has 3 N–H and O–H groups in total. The maximum absolute atomic E-state index is 12.0. The highest BCUT2D eigenvalue weighted by molar-refractivity contribution is 7.89. The van der Waals surface area contributed by atoms with Crippen molar-refractivity contribution in [3.05, 3.63) is 24.3 Å². The second-order valence-electron chi connectivity index (χ2n) is 4.92. The predicted molar refractivity (Wildman–Crippen MR) is 76.8 cm³/mol. The fourth-order valence-electron chi connectivity index (χ4n) is 2.41. The van der Waals surface area contributed by atoms with Crippen LogP contribution in [0.1, 0.15) is 19.8 Å². The van der Waals surface area contributed by atoms with Crippen molar-refractivity contribution in [1.29, 1.82) is 0 Å². The van der Waals surface area contributed by atoms with Gasteiger partial charge in [-0.05, 0) is 45.5 Å². The van der Waals surface area contributed by atoms with E-state index in [0.717, 1.165) is 19.4 Å². The molecule has 2 unspecified atom stereocenters. The topological polar surface area (TPSA) is 70.2 Å². The Morgan fingerprint density at radius 2 is 2.05 bits per heavy atom. The third-order valence-electron chi connectivity index (χ3n) is 3.43. The standard InChI is InChI=1S/C13H21N3O2S/c1-10-9-11(7-8-15-10)16-12-5-3-4-6-13(12)19(17,18)14-2/h3-6,10-11,14-16H,7-9H2,1-2H3. The summed E-state index contributed by atoms with van der Waals surface area (Å²) in [6.45, 7) is 3.10. The summed E-state index contributed by atoms with van der Waals surface area (Å²) < 4.78 is 26.3. The third kappa shape index (κ3) is 3.46. The van der Waals surface area contributed by atoms with Crippen molar-refractivity contribution in [2.45, 2.75) is 36.7 Å². The van der Waals surface area contributed by atoms with Crippen molar-refractivity contribution in [2.24, 2.45) is 0 Å². The Morgan fingerprint density at radius 3 is 2.74 bits per heavy atom. The van der Waals surface area contributed by atoms with Crippen molar-refractivity contribution in [3.8, 4) is 0 Å². The normalized spacial score (nSPS) is 24.1. The molecule has 1 aliphatic rings. The lowest BCUT2D eigenvalue weighted by Gasteiger charge is -2.30. The number of anilines is 1. The number of sulfonamides is 1. The molecule has 1 fully saturated rings. The highest BCUT2D eigenvalue weighted by atomic mass is 32.2. The number of para-hydroxylation sites is 1. The quantitative estimate of drug-likeness (QED) is 0.775. The van der Waals surface area contributed by atoms with E-state index in [1.807, 2.05) is 12.1 Å². The second kappa shape index (κ2) is 5.90. The molecule has 5 nitrogen and oxygen atoms in total. The Labute approximate surface area is 114 Å². The second-order valence-corrected chi connectivity index (χ2v) is 6.78. The molecule has 6 heteroatoms. The van der Waals surface area contributed by atoms with Crippen LogP contribution >= 0.6 is 0 Å². The lowest BCUT2D eigenvalue weighted by atomic mass is 10.0. The zero-order valence-corrected chi connectivity index (χ0v) is 12.1. The Bertz CT molecular complexity index is 530. The van der Waals surface area contributed by atoms with E-state index in [-0.39, 0.29) is 0 Å². The van der Waals surface area contributed by atoms with Gasteiger partial charge in [-0.1, -0.05) is 12.1 Å². The van der Waals surface area contributed by atoms with Crippen molar-refractivity contribution in [1.82, 2.24) is 10.0 Å². The first kappa shape index (κ1) is 14.3. The molecule has 0 bridgehead atoms. The molecule has 1 saturated heterocycles. The Morgan fingerprint density at radius 1 is 1.32 bits per heavy atom. The maximum Gasteiger partial charge on any atom is 0.242 e. The Hall–Kier alpha value is -1.11. The summed E-state index contributed by atoms with van der Waals surface area (Å²) in [5, 5.41) is 6.74. The van der Waals surface area contributed by atoms with Crippen molar-refractivity contribution >= 4 is 15.7 Å². The molecule has 1 aromatic rings. The molecule has 106 valence electrons. The zero-order chi connectivity index (χ0) is 13.9. The maximum atomic E-state index is 12.0. The van der Waals surface area contributed by atoms with E-state index in [1.54, 1.807) is 12.1 Å². The molecule has 0 amide bonds. The highest BCUT2D eigenvalue weighted by Crippen LogP contribution is 2.23. The van der Waals surface area contributed by atoms with Crippen molar-refractivity contribution in [2.75, 3.05) is 18.9 Å². The van der Waals surface area contributed by atoms with E-state index in [1.165, 1.54) is 7.05 Å². The van der Waals surface area contributed by atoms with Crippen LogP contribution in [0, 0.1) is 0 Å². The van der Waals surface area contributed by atoms with Crippen LogP contribution in [0.5, 0.6) is 0 Å². The minimum absolute atomic E-state index is 0.309. The summed E-state index contributed by atoms with van der Waals surface area (Å²) in [5.74, 6) is 0. The molecule has 0 aliphatic carbocycles. The van der Waals surface area contributed by atoms with Crippen LogP contribution in [0.25, 0.3) is 0 Å². The van der Waals surface area contributed by atoms with Crippen LogP contribution in [0.15, 0.2) is 29.2 Å². The molecule has 0 spiro atoms. The summed E-state index contributed by atoms with van der Waals surface area (Å²) in [6, 6.07) is 7.79. The minimum Gasteiger partial charge on any atom is -0.381 e. The third-order valence-corrected chi connectivity index (χ3v) is 4.90. The van der Waals surface area contributed by atoms with Gasteiger partial charge in [-0.15, -0.1) is 0 Å². The molecule has 0 aromatic heterocycles. The van der Waals surface area contributed by atoms with E-state index in [2.05, 4.69) is 22.3 Å². The first-order valence-corrected chi connectivity index (χ1v) is 8.04. The summed E-state index contributed by atoms with van der Waals surface area (Å²) in [6.07, 6.45) is 1.99. The van der Waals surface area contributed by atoms with Crippen LogP contribution in [0.4, 0.5) is 5.69 Å². The SMILES string of the molecule is CNS(=O)(=O)c1ccccc1NC1CCNC(C)C1. The smallest absolute Gasteiger partial charge is 0.242 e. The van der Waals surface area contributed by atoms with Gasteiger partial charge in [0.15, 0.2) is 0 Å². The molecule has 1 aromatic carbocycles. The number of benzene rings is 1. The van der Waals surface area contributed by atoms with Crippen LogP contribution in [-0.2, 0) is 10.0 Å².